The van der Waals surface area contributed by atoms with E-state index >= 15 is 0 Å². The van der Waals surface area contributed by atoms with Crippen LogP contribution in [0.25, 0.3) is 0 Å². The van der Waals surface area contributed by atoms with Crippen LogP contribution in [0.5, 0.6) is 11.5 Å². The Bertz CT molecular complexity index is 858. The number of likely N-dealkylation sites (tertiary alicyclic amines) is 1. The number of quaternary nitrogens is 1. The van der Waals surface area contributed by atoms with E-state index in [4.69, 9.17) is 21.1 Å². The van der Waals surface area contributed by atoms with Gasteiger partial charge in [-0.1, -0.05) is 42.6 Å². The average molecular weight is 417 g/mol. The number of rotatable bonds is 5. The second kappa shape index (κ2) is 8.55. The molecule has 0 aromatic heterocycles. The minimum atomic E-state index is -0.585. The zero-order valence-corrected chi connectivity index (χ0v) is 18.0. The van der Waals surface area contributed by atoms with Crippen molar-refractivity contribution < 1.29 is 19.5 Å². The molecule has 1 unspecified atom stereocenters. The van der Waals surface area contributed by atoms with E-state index in [1.54, 1.807) is 14.2 Å². The molecule has 5 heteroatoms. The largest absolute Gasteiger partial charge is 0.497 e. The molecule has 1 saturated carbocycles. The van der Waals surface area contributed by atoms with Crippen LogP contribution in [0.1, 0.15) is 49.3 Å². The lowest BCUT2D eigenvalue weighted by molar-refractivity contribution is -0.958. The molecular weight excluding hydrogens is 386 g/mol. The summed E-state index contributed by atoms with van der Waals surface area (Å²) in [6.07, 6.45) is 5.06. The van der Waals surface area contributed by atoms with Gasteiger partial charge >= 0.3 is 0 Å². The van der Waals surface area contributed by atoms with Crippen molar-refractivity contribution in [3.05, 3.63) is 58.6 Å². The molecule has 4 nitrogen and oxygen atoms in total. The molecular formula is C24H31ClNO3+. The molecule has 4 atom stereocenters. The van der Waals surface area contributed by atoms with E-state index in [-0.39, 0.29) is 12.0 Å². The summed E-state index contributed by atoms with van der Waals surface area (Å²) < 4.78 is 11.2. The van der Waals surface area contributed by atoms with E-state index in [1.807, 2.05) is 30.3 Å². The molecule has 2 aromatic carbocycles. The van der Waals surface area contributed by atoms with Gasteiger partial charge in [0.1, 0.15) is 24.1 Å². The molecule has 1 heterocycles. The summed E-state index contributed by atoms with van der Waals surface area (Å²) in [5.74, 6) is 1.83. The van der Waals surface area contributed by atoms with E-state index in [0.29, 0.717) is 0 Å². The minimum absolute atomic E-state index is 0.158. The summed E-state index contributed by atoms with van der Waals surface area (Å²) in [6, 6.07) is 14.3. The van der Waals surface area contributed by atoms with Crippen molar-refractivity contribution in [1.82, 2.24) is 0 Å². The van der Waals surface area contributed by atoms with Crippen LogP contribution in [0, 0.1) is 5.92 Å². The Hall–Kier alpha value is -1.75. The molecule has 1 aliphatic heterocycles. The Morgan fingerprint density at radius 3 is 2.69 bits per heavy atom. The number of aliphatic hydroxyl groups is 1. The lowest BCUT2D eigenvalue weighted by Gasteiger charge is -2.50. The van der Waals surface area contributed by atoms with Gasteiger partial charge in [-0.25, -0.2) is 0 Å². The summed E-state index contributed by atoms with van der Waals surface area (Å²) in [4.78, 5) is 1.44. The van der Waals surface area contributed by atoms with Crippen LogP contribution in [0.2, 0.25) is 5.02 Å². The van der Waals surface area contributed by atoms with Crippen molar-refractivity contribution in [2.75, 3.05) is 20.8 Å². The Kier molecular flexibility index (Phi) is 6.05. The molecule has 0 radical (unpaired) electrons. The summed E-state index contributed by atoms with van der Waals surface area (Å²) in [5, 5.41) is 12.3. The number of ether oxygens (including phenoxy) is 2. The van der Waals surface area contributed by atoms with Gasteiger partial charge < -0.3 is 19.5 Å². The van der Waals surface area contributed by atoms with Gasteiger partial charge in [0.15, 0.2) is 0 Å². The third kappa shape index (κ3) is 3.98. The zero-order valence-electron chi connectivity index (χ0n) is 17.3. The molecule has 0 amide bonds. The van der Waals surface area contributed by atoms with Crippen LogP contribution in [0.15, 0.2) is 42.5 Å². The number of benzene rings is 2. The van der Waals surface area contributed by atoms with Gasteiger partial charge in [-0.2, -0.15) is 0 Å². The van der Waals surface area contributed by atoms with Gasteiger partial charge in [0.2, 0.25) is 0 Å². The molecule has 2 aliphatic rings. The Morgan fingerprint density at radius 1 is 1.10 bits per heavy atom. The standard InChI is InChI=1S/C24H30ClNO3/c1-28-18-10-11-19(22(15-18)29-2)23-20-8-5-6-12-24(20,27)13-14-26(23)16-17-7-3-4-9-21(17)25/h3-4,7,9-11,15,20,23,27H,5-6,8,12-14,16H2,1-2H3/p+1/t20-,23+,24-/m1/s1. The van der Waals surface area contributed by atoms with Gasteiger partial charge in [0, 0.05) is 29.0 Å². The summed E-state index contributed by atoms with van der Waals surface area (Å²) >= 11 is 6.50. The molecule has 0 spiro atoms. The number of piperidine rings is 1. The number of hydrogen-bond donors (Lipinski definition) is 2. The minimum Gasteiger partial charge on any atom is -0.497 e. The lowest BCUT2D eigenvalue weighted by atomic mass is 9.66. The first-order chi connectivity index (χ1) is 14.1. The zero-order chi connectivity index (χ0) is 20.4. The number of fused-ring (bicyclic) bond motifs is 1. The normalized spacial score (nSPS) is 29.2. The first-order valence-corrected chi connectivity index (χ1v) is 11.0. The maximum Gasteiger partial charge on any atom is 0.131 e. The van der Waals surface area contributed by atoms with E-state index in [2.05, 4.69) is 12.1 Å². The van der Waals surface area contributed by atoms with Gasteiger partial charge in [-0.05, 0) is 31.0 Å². The molecule has 2 fully saturated rings. The summed E-state index contributed by atoms with van der Waals surface area (Å²) in [5.41, 5.74) is 1.72. The fourth-order valence-corrected chi connectivity index (χ4v) is 5.65. The van der Waals surface area contributed by atoms with Gasteiger partial charge in [-0.15, -0.1) is 0 Å². The molecule has 4 rings (SSSR count). The second-order valence-electron chi connectivity index (χ2n) is 8.47. The highest BCUT2D eigenvalue weighted by Crippen LogP contribution is 2.46. The van der Waals surface area contributed by atoms with Crippen LogP contribution in [-0.4, -0.2) is 31.5 Å². The lowest BCUT2D eigenvalue weighted by Crippen LogP contribution is -3.13. The van der Waals surface area contributed by atoms with Crippen molar-refractivity contribution in [2.45, 2.75) is 50.3 Å². The highest BCUT2D eigenvalue weighted by Gasteiger charge is 2.52. The van der Waals surface area contributed by atoms with E-state index in [0.717, 1.165) is 66.4 Å². The number of hydrogen-bond acceptors (Lipinski definition) is 3. The van der Waals surface area contributed by atoms with Crippen molar-refractivity contribution in [2.24, 2.45) is 5.92 Å². The maximum atomic E-state index is 11.5. The van der Waals surface area contributed by atoms with Gasteiger partial charge in [0.25, 0.3) is 0 Å². The monoisotopic (exact) mass is 416 g/mol. The molecule has 29 heavy (non-hydrogen) atoms. The van der Waals surface area contributed by atoms with Crippen molar-refractivity contribution in [3.8, 4) is 11.5 Å². The Balaban J connectivity index is 1.76. The van der Waals surface area contributed by atoms with E-state index < -0.39 is 5.60 Å². The average Bonchev–Trinajstić information content (AvgIpc) is 2.75. The quantitative estimate of drug-likeness (QED) is 0.778. The van der Waals surface area contributed by atoms with Crippen molar-refractivity contribution in [1.29, 1.82) is 0 Å². The molecule has 2 aromatic rings. The van der Waals surface area contributed by atoms with Gasteiger partial charge in [-0.3, -0.25) is 0 Å². The molecule has 1 saturated heterocycles. The first-order valence-electron chi connectivity index (χ1n) is 10.6. The van der Waals surface area contributed by atoms with Crippen molar-refractivity contribution >= 4 is 11.6 Å². The third-order valence-corrected chi connectivity index (χ3v) is 7.31. The van der Waals surface area contributed by atoms with Crippen molar-refractivity contribution in [3.63, 3.8) is 0 Å². The van der Waals surface area contributed by atoms with Crippen LogP contribution in [-0.2, 0) is 6.54 Å². The first kappa shape index (κ1) is 20.5. The second-order valence-corrected chi connectivity index (χ2v) is 8.88. The van der Waals surface area contributed by atoms with E-state index in [9.17, 15) is 5.11 Å². The van der Waals surface area contributed by atoms with E-state index in [1.165, 1.54) is 11.3 Å². The summed E-state index contributed by atoms with van der Waals surface area (Å²) in [7, 11) is 3.38. The van der Waals surface area contributed by atoms with Crippen LogP contribution >= 0.6 is 11.6 Å². The molecule has 156 valence electrons. The smallest absolute Gasteiger partial charge is 0.131 e. The summed E-state index contributed by atoms with van der Waals surface area (Å²) in [6.45, 7) is 1.75. The SMILES string of the molecule is COc1ccc([C@H]2[C@H]3CCCC[C@@]3(O)CC[NH+]2Cc2ccccc2Cl)c(OC)c1. The Labute approximate surface area is 178 Å². The Morgan fingerprint density at radius 2 is 1.93 bits per heavy atom. The van der Waals surface area contributed by atoms with Gasteiger partial charge in [0.05, 0.1) is 31.9 Å². The topological polar surface area (TPSA) is 43.1 Å². The highest BCUT2D eigenvalue weighted by atomic mass is 35.5. The third-order valence-electron chi connectivity index (χ3n) is 6.94. The fraction of sp³-hybridized carbons (Fsp3) is 0.500. The molecule has 1 aliphatic carbocycles. The number of nitrogens with one attached hydrogen (secondary N) is 1. The number of halogens is 1. The van der Waals surface area contributed by atoms with Crippen LogP contribution in [0.4, 0.5) is 0 Å². The maximum absolute atomic E-state index is 11.5. The predicted molar refractivity (Wildman–Crippen MR) is 115 cm³/mol. The molecule has 2 N–H and O–H groups in total. The highest BCUT2D eigenvalue weighted by molar-refractivity contribution is 6.31. The fourth-order valence-electron chi connectivity index (χ4n) is 5.45. The molecule has 0 bridgehead atoms. The predicted octanol–water partition coefficient (Wildman–Crippen LogP) is 3.81. The van der Waals surface area contributed by atoms with Crippen LogP contribution in [0.3, 0.4) is 0 Å². The number of methoxy groups -OCH3 is 2. The van der Waals surface area contributed by atoms with Crippen LogP contribution < -0.4 is 14.4 Å².